The predicted octanol–water partition coefficient (Wildman–Crippen LogP) is 3.19. The summed E-state index contributed by atoms with van der Waals surface area (Å²) >= 11 is 0. The first-order valence-electron chi connectivity index (χ1n) is 10.1. The Labute approximate surface area is 173 Å². The normalized spacial score (nSPS) is 14.7. The lowest BCUT2D eigenvalue weighted by atomic mass is 9.96. The van der Waals surface area contributed by atoms with Crippen LogP contribution in [0.2, 0.25) is 0 Å². The summed E-state index contributed by atoms with van der Waals surface area (Å²) in [6, 6.07) is 11.7. The van der Waals surface area contributed by atoms with Crippen molar-refractivity contribution < 1.29 is 14.3 Å². The summed E-state index contributed by atoms with van der Waals surface area (Å²) in [6.45, 7) is 9.24. The monoisotopic (exact) mass is 394 g/mol. The molecule has 0 N–H and O–H groups in total. The SMILES string of the molecule is COc1ccc(CC(=O)N2CCN(CC(=O)c3c(C)cc(C)cc3C)CC2)cc1. The molecule has 0 aromatic heterocycles. The first-order valence-corrected chi connectivity index (χ1v) is 10.1. The Morgan fingerprint density at radius 1 is 0.931 bits per heavy atom. The molecule has 1 aliphatic heterocycles. The van der Waals surface area contributed by atoms with Gasteiger partial charge in [-0.3, -0.25) is 14.5 Å². The second-order valence-electron chi connectivity index (χ2n) is 7.88. The number of aryl methyl sites for hydroxylation is 3. The Hall–Kier alpha value is -2.66. The molecule has 29 heavy (non-hydrogen) atoms. The van der Waals surface area contributed by atoms with E-state index >= 15 is 0 Å². The number of carbonyl (C=O) groups excluding carboxylic acids is 2. The van der Waals surface area contributed by atoms with E-state index in [0.717, 1.165) is 41.1 Å². The molecule has 5 heteroatoms. The maximum atomic E-state index is 12.8. The van der Waals surface area contributed by atoms with Crippen LogP contribution in [0.1, 0.15) is 32.6 Å². The number of Topliss-reactive ketones (excluding diaryl/α,β-unsaturated/α-hetero) is 1. The summed E-state index contributed by atoms with van der Waals surface area (Å²) in [7, 11) is 1.63. The highest BCUT2D eigenvalue weighted by Crippen LogP contribution is 2.18. The minimum Gasteiger partial charge on any atom is -0.497 e. The molecule has 154 valence electrons. The standard InChI is InChI=1S/C24H30N2O3/c1-17-13-18(2)24(19(3)14-17)22(27)16-25-9-11-26(12-10-25)23(28)15-20-5-7-21(29-4)8-6-20/h5-8,13-14H,9-12,15-16H2,1-4H3. The number of ketones is 1. The van der Waals surface area contributed by atoms with E-state index in [-0.39, 0.29) is 11.7 Å². The summed E-state index contributed by atoms with van der Waals surface area (Å²) < 4.78 is 5.16. The van der Waals surface area contributed by atoms with Crippen LogP contribution < -0.4 is 4.74 Å². The molecule has 2 aromatic carbocycles. The van der Waals surface area contributed by atoms with Crippen molar-refractivity contribution in [2.75, 3.05) is 39.8 Å². The minimum atomic E-state index is 0.131. The average Bonchev–Trinajstić information content (AvgIpc) is 2.68. The molecule has 2 aromatic rings. The van der Waals surface area contributed by atoms with Gasteiger partial charge in [0.15, 0.2) is 5.78 Å². The van der Waals surface area contributed by atoms with Crippen molar-refractivity contribution in [3.63, 3.8) is 0 Å². The maximum absolute atomic E-state index is 12.8. The van der Waals surface area contributed by atoms with Crippen LogP contribution in [0, 0.1) is 20.8 Å². The second kappa shape index (κ2) is 9.23. The molecule has 0 saturated carbocycles. The molecule has 1 fully saturated rings. The van der Waals surface area contributed by atoms with Crippen molar-refractivity contribution in [1.29, 1.82) is 0 Å². The van der Waals surface area contributed by atoms with E-state index in [0.29, 0.717) is 26.1 Å². The molecule has 1 amide bonds. The molecular weight excluding hydrogens is 364 g/mol. The quantitative estimate of drug-likeness (QED) is 0.706. The van der Waals surface area contributed by atoms with Gasteiger partial charge in [0.1, 0.15) is 5.75 Å². The first kappa shape index (κ1) is 21.1. The van der Waals surface area contributed by atoms with Crippen LogP contribution in [-0.2, 0) is 11.2 Å². The number of methoxy groups -OCH3 is 1. The van der Waals surface area contributed by atoms with Crippen LogP contribution in [0.5, 0.6) is 5.75 Å². The Morgan fingerprint density at radius 2 is 1.52 bits per heavy atom. The van der Waals surface area contributed by atoms with E-state index in [1.54, 1.807) is 7.11 Å². The van der Waals surface area contributed by atoms with Gasteiger partial charge < -0.3 is 9.64 Å². The zero-order valence-corrected chi connectivity index (χ0v) is 17.8. The van der Waals surface area contributed by atoms with E-state index in [2.05, 4.69) is 24.0 Å². The van der Waals surface area contributed by atoms with Gasteiger partial charge in [0.05, 0.1) is 20.1 Å². The van der Waals surface area contributed by atoms with Gasteiger partial charge in [0, 0.05) is 31.7 Å². The van der Waals surface area contributed by atoms with Crippen molar-refractivity contribution in [2.24, 2.45) is 0 Å². The Balaban J connectivity index is 1.52. The summed E-state index contributed by atoms with van der Waals surface area (Å²) in [5, 5.41) is 0. The first-order chi connectivity index (χ1) is 13.9. The molecule has 0 spiro atoms. The lowest BCUT2D eigenvalue weighted by molar-refractivity contribution is -0.132. The van der Waals surface area contributed by atoms with Crippen LogP contribution in [0.3, 0.4) is 0 Å². The Kier molecular flexibility index (Phi) is 6.70. The third kappa shape index (κ3) is 5.24. The fourth-order valence-corrected chi connectivity index (χ4v) is 4.09. The van der Waals surface area contributed by atoms with Gasteiger partial charge in [0.2, 0.25) is 5.91 Å². The smallest absolute Gasteiger partial charge is 0.227 e. The zero-order valence-electron chi connectivity index (χ0n) is 17.8. The summed E-state index contributed by atoms with van der Waals surface area (Å²) in [4.78, 5) is 29.5. The summed E-state index contributed by atoms with van der Waals surface area (Å²) in [5.74, 6) is 1.09. The highest BCUT2D eigenvalue weighted by Gasteiger charge is 2.24. The second-order valence-corrected chi connectivity index (χ2v) is 7.88. The van der Waals surface area contributed by atoms with Crippen LogP contribution in [-0.4, -0.2) is 61.3 Å². The van der Waals surface area contributed by atoms with E-state index in [1.807, 2.05) is 43.0 Å². The third-order valence-electron chi connectivity index (χ3n) is 5.56. The number of piperazine rings is 1. The molecule has 3 rings (SSSR count). The highest BCUT2D eigenvalue weighted by atomic mass is 16.5. The van der Waals surface area contributed by atoms with E-state index in [4.69, 9.17) is 4.74 Å². The lowest BCUT2D eigenvalue weighted by Crippen LogP contribution is -2.50. The van der Waals surface area contributed by atoms with Gasteiger partial charge in [-0.05, 0) is 49.6 Å². The highest BCUT2D eigenvalue weighted by molar-refractivity contribution is 6.00. The maximum Gasteiger partial charge on any atom is 0.227 e. The van der Waals surface area contributed by atoms with E-state index < -0.39 is 0 Å². The van der Waals surface area contributed by atoms with Gasteiger partial charge >= 0.3 is 0 Å². The number of benzene rings is 2. The van der Waals surface area contributed by atoms with Crippen molar-refractivity contribution >= 4 is 11.7 Å². The van der Waals surface area contributed by atoms with Crippen LogP contribution >= 0.6 is 0 Å². The molecule has 1 heterocycles. The topological polar surface area (TPSA) is 49.9 Å². The number of ether oxygens (including phenoxy) is 1. The molecule has 1 aliphatic rings. The molecule has 0 atom stereocenters. The van der Waals surface area contributed by atoms with E-state index in [1.165, 1.54) is 5.56 Å². The van der Waals surface area contributed by atoms with Crippen molar-refractivity contribution in [3.05, 3.63) is 64.2 Å². The van der Waals surface area contributed by atoms with Crippen LogP contribution in [0.4, 0.5) is 0 Å². The largest absolute Gasteiger partial charge is 0.497 e. The third-order valence-corrected chi connectivity index (χ3v) is 5.56. The number of rotatable bonds is 6. The Bertz CT molecular complexity index is 858. The molecule has 1 saturated heterocycles. The molecule has 0 unspecified atom stereocenters. The fraction of sp³-hybridized carbons (Fsp3) is 0.417. The van der Waals surface area contributed by atoms with Crippen molar-refractivity contribution in [2.45, 2.75) is 27.2 Å². The molecule has 0 radical (unpaired) electrons. The number of amides is 1. The van der Waals surface area contributed by atoms with Crippen molar-refractivity contribution in [3.8, 4) is 5.75 Å². The van der Waals surface area contributed by atoms with Crippen molar-refractivity contribution in [1.82, 2.24) is 9.80 Å². The number of carbonyl (C=O) groups is 2. The van der Waals surface area contributed by atoms with Gasteiger partial charge in [-0.15, -0.1) is 0 Å². The summed E-state index contributed by atoms with van der Waals surface area (Å²) in [6.07, 6.45) is 0.394. The van der Waals surface area contributed by atoms with Crippen LogP contribution in [0.25, 0.3) is 0 Å². The van der Waals surface area contributed by atoms with Crippen LogP contribution in [0.15, 0.2) is 36.4 Å². The molecule has 5 nitrogen and oxygen atoms in total. The average molecular weight is 395 g/mol. The number of hydrogen-bond donors (Lipinski definition) is 0. The number of nitrogens with zero attached hydrogens (tertiary/aromatic N) is 2. The van der Waals surface area contributed by atoms with Gasteiger partial charge in [0.25, 0.3) is 0 Å². The molecular formula is C24H30N2O3. The molecule has 0 aliphatic carbocycles. The fourth-order valence-electron chi connectivity index (χ4n) is 4.09. The van der Waals surface area contributed by atoms with Gasteiger partial charge in [-0.25, -0.2) is 0 Å². The Morgan fingerprint density at radius 3 is 2.07 bits per heavy atom. The predicted molar refractivity (Wildman–Crippen MR) is 115 cm³/mol. The van der Waals surface area contributed by atoms with Gasteiger partial charge in [-0.1, -0.05) is 29.8 Å². The van der Waals surface area contributed by atoms with E-state index in [9.17, 15) is 9.59 Å². The molecule has 0 bridgehead atoms. The lowest BCUT2D eigenvalue weighted by Gasteiger charge is -2.34. The van der Waals surface area contributed by atoms with Gasteiger partial charge in [-0.2, -0.15) is 0 Å². The zero-order chi connectivity index (χ0) is 21.0. The minimum absolute atomic E-state index is 0.131. The number of hydrogen-bond acceptors (Lipinski definition) is 4. The summed E-state index contributed by atoms with van der Waals surface area (Å²) in [5.41, 5.74) is 5.09.